The smallest absolute Gasteiger partial charge is 0.0412 e. The molecule has 1 aromatic carbocycles. The van der Waals surface area contributed by atoms with Crippen LogP contribution < -0.4 is 0 Å². The van der Waals surface area contributed by atoms with E-state index in [0.717, 1.165) is 5.02 Å². The molecule has 0 bridgehead atoms. The number of hydrogen-bond acceptors (Lipinski definition) is 1. The van der Waals surface area contributed by atoms with E-state index in [1.807, 2.05) is 26.0 Å². The molecule has 0 amide bonds. The SMILES string of the molecule is CC.Cc1cc2cc(Cl)ccc2s1. The Hall–Kier alpha value is -0.530. The molecule has 0 saturated heterocycles. The fourth-order valence-electron chi connectivity index (χ4n) is 1.15. The lowest BCUT2D eigenvalue weighted by atomic mass is 10.2. The van der Waals surface area contributed by atoms with E-state index in [2.05, 4.69) is 19.1 Å². The van der Waals surface area contributed by atoms with Crippen molar-refractivity contribution in [3.8, 4) is 0 Å². The van der Waals surface area contributed by atoms with Gasteiger partial charge in [-0.15, -0.1) is 11.3 Å². The maximum absolute atomic E-state index is 5.83. The molecule has 0 aliphatic carbocycles. The molecular formula is C11H13ClS. The number of thiophene rings is 1. The van der Waals surface area contributed by atoms with Gasteiger partial charge in [0.25, 0.3) is 0 Å². The molecule has 13 heavy (non-hydrogen) atoms. The minimum atomic E-state index is 0.815. The molecule has 0 fully saturated rings. The predicted octanol–water partition coefficient (Wildman–Crippen LogP) is 4.89. The molecule has 0 saturated carbocycles. The Balaban J connectivity index is 0.000000396. The molecule has 0 nitrogen and oxygen atoms in total. The summed E-state index contributed by atoms with van der Waals surface area (Å²) in [6.45, 7) is 6.11. The first-order valence-corrected chi connectivity index (χ1v) is 5.61. The molecule has 1 heterocycles. The Morgan fingerprint density at radius 2 is 1.85 bits per heavy atom. The minimum Gasteiger partial charge on any atom is -0.141 e. The predicted molar refractivity (Wildman–Crippen MR) is 62.9 cm³/mol. The van der Waals surface area contributed by atoms with Gasteiger partial charge in [0.15, 0.2) is 0 Å². The Kier molecular flexibility index (Phi) is 3.76. The number of aryl methyl sites for hydroxylation is 1. The molecule has 0 unspecified atom stereocenters. The third-order valence-corrected chi connectivity index (χ3v) is 2.87. The fraction of sp³-hybridized carbons (Fsp3) is 0.273. The fourth-order valence-corrected chi connectivity index (χ4v) is 2.23. The summed E-state index contributed by atoms with van der Waals surface area (Å²) in [5, 5.41) is 2.07. The second kappa shape index (κ2) is 4.64. The highest BCUT2D eigenvalue weighted by Crippen LogP contribution is 2.27. The van der Waals surface area contributed by atoms with Crippen LogP contribution in [0.4, 0.5) is 0 Å². The van der Waals surface area contributed by atoms with Crippen molar-refractivity contribution >= 4 is 33.0 Å². The van der Waals surface area contributed by atoms with Gasteiger partial charge in [-0.25, -0.2) is 0 Å². The van der Waals surface area contributed by atoms with Crippen LogP contribution in [-0.2, 0) is 0 Å². The Morgan fingerprint density at radius 1 is 1.15 bits per heavy atom. The van der Waals surface area contributed by atoms with E-state index in [-0.39, 0.29) is 0 Å². The largest absolute Gasteiger partial charge is 0.141 e. The lowest BCUT2D eigenvalue weighted by Crippen LogP contribution is -1.61. The lowest BCUT2D eigenvalue weighted by Gasteiger charge is -1.88. The molecule has 70 valence electrons. The van der Waals surface area contributed by atoms with Gasteiger partial charge in [0.05, 0.1) is 0 Å². The number of fused-ring (bicyclic) bond motifs is 1. The van der Waals surface area contributed by atoms with Gasteiger partial charge in [0.1, 0.15) is 0 Å². The van der Waals surface area contributed by atoms with E-state index >= 15 is 0 Å². The van der Waals surface area contributed by atoms with Crippen LogP contribution in [0, 0.1) is 6.92 Å². The summed E-state index contributed by atoms with van der Waals surface area (Å²) in [5.41, 5.74) is 0. The molecule has 0 radical (unpaired) electrons. The Bertz CT molecular complexity index is 390. The maximum atomic E-state index is 5.83. The van der Waals surface area contributed by atoms with Crippen molar-refractivity contribution in [2.45, 2.75) is 20.8 Å². The zero-order chi connectivity index (χ0) is 9.84. The highest BCUT2D eigenvalue weighted by atomic mass is 35.5. The average molecular weight is 213 g/mol. The van der Waals surface area contributed by atoms with Gasteiger partial charge in [0, 0.05) is 14.6 Å². The van der Waals surface area contributed by atoms with Crippen LogP contribution in [0.5, 0.6) is 0 Å². The van der Waals surface area contributed by atoms with E-state index in [0.29, 0.717) is 0 Å². The topological polar surface area (TPSA) is 0 Å². The summed E-state index contributed by atoms with van der Waals surface area (Å²) in [6, 6.07) is 8.15. The van der Waals surface area contributed by atoms with Crippen molar-refractivity contribution in [2.24, 2.45) is 0 Å². The van der Waals surface area contributed by atoms with Crippen molar-refractivity contribution in [3.63, 3.8) is 0 Å². The first kappa shape index (κ1) is 10.6. The van der Waals surface area contributed by atoms with Crippen molar-refractivity contribution in [1.82, 2.24) is 0 Å². The molecule has 0 aliphatic rings. The first-order valence-electron chi connectivity index (χ1n) is 4.41. The molecule has 0 atom stereocenters. The van der Waals surface area contributed by atoms with Crippen LogP contribution in [0.1, 0.15) is 18.7 Å². The van der Waals surface area contributed by atoms with Gasteiger partial charge in [-0.1, -0.05) is 25.4 Å². The van der Waals surface area contributed by atoms with Gasteiger partial charge >= 0.3 is 0 Å². The van der Waals surface area contributed by atoms with Crippen molar-refractivity contribution in [3.05, 3.63) is 34.2 Å². The van der Waals surface area contributed by atoms with Crippen LogP contribution in [0.3, 0.4) is 0 Å². The Morgan fingerprint density at radius 3 is 2.54 bits per heavy atom. The molecule has 1 aromatic heterocycles. The zero-order valence-corrected chi connectivity index (χ0v) is 9.67. The van der Waals surface area contributed by atoms with E-state index in [9.17, 15) is 0 Å². The molecule has 0 aliphatic heterocycles. The average Bonchev–Trinajstić information content (AvgIpc) is 2.48. The van der Waals surface area contributed by atoms with Crippen molar-refractivity contribution < 1.29 is 0 Å². The third-order valence-electron chi connectivity index (χ3n) is 1.60. The number of hydrogen-bond donors (Lipinski definition) is 0. The Labute approximate surface area is 88.2 Å². The summed E-state index contributed by atoms with van der Waals surface area (Å²) in [6.07, 6.45) is 0. The summed E-state index contributed by atoms with van der Waals surface area (Å²) >= 11 is 7.63. The highest BCUT2D eigenvalue weighted by molar-refractivity contribution is 7.19. The van der Waals surface area contributed by atoms with E-state index in [1.165, 1.54) is 15.0 Å². The first-order chi connectivity index (χ1) is 6.25. The second-order valence-electron chi connectivity index (χ2n) is 2.54. The molecule has 0 N–H and O–H groups in total. The number of halogens is 1. The third kappa shape index (κ3) is 2.45. The van der Waals surface area contributed by atoms with E-state index in [1.54, 1.807) is 11.3 Å². The van der Waals surface area contributed by atoms with Crippen molar-refractivity contribution in [2.75, 3.05) is 0 Å². The number of rotatable bonds is 0. The van der Waals surface area contributed by atoms with Gasteiger partial charge in [-0.3, -0.25) is 0 Å². The van der Waals surface area contributed by atoms with Gasteiger partial charge in [-0.2, -0.15) is 0 Å². The zero-order valence-electron chi connectivity index (χ0n) is 8.10. The molecule has 2 rings (SSSR count). The van der Waals surface area contributed by atoms with Gasteiger partial charge < -0.3 is 0 Å². The summed E-state index contributed by atoms with van der Waals surface area (Å²) in [5.74, 6) is 0. The van der Waals surface area contributed by atoms with Crippen molar-refractivity contribution in [1.29, 1.82) is 0 Å². The van der Waals surface area contributed by atoms with Crippen LogP contribution in [0.25, 0.3) is 10.1 Å². The van der Waals surface area contributed by atoms with Crippen LogP contribution in [0.15, 0.2) is 24.3 Å². The van der Waals surface area contributed by atoms with E-state index in [4.69, 9.17) is 11.6 Å². The summed E-state index contributed by atoms with van der Waals surface area (Å²) in [4.78, 5) is 1.34. The minimum absolute atomic E-state index is 0.815. The monoisotopic (exact) mass is 212 g/mol. The van der Waals surface area contributed by atoms with Crippen LogP contribution in [0.2, 0.25) is 5.02 Å². The summed E-state index contributed by atoms with van der Waals surface area (Å²) in [7, 11) is 0. The molecule has 2 aromatic rings. The van der Waals surface area contributed by atoms with Gasteiger partial charge in [0.2, 0.25) is 0 Å². The lowest BCUT2D eigenvalue weighted by molar-refractivity contribution is 1.50. The molecule has 0 spiro atoms. The summed E-state index contributed by atoms with van der Waals surface area (Å²) < 4.78 is 1.31. The second-order valence-corrected chi connectivity index (χ2v) is 4.26. The normalized spacial score (nSPS) is 9.54. The molecular weight excluding hydrogens is 200 g/mol. The standard InChI is InChI=1S/C9H7ClS.C2H6/c1-6-4-7-5-8(10)2-3-9(7)11-6;1-2/h2-5H,1H3;1-2H3. The quantitative estimate of drug-likeness (QED) is 0.583. The molecule has 2 heteroatoms. The van der Waals surface area contributed by atoms with E-state index < -0.39 is 0 Å². The van der Waals surface area contributed by atoms with Crippen LogP contribution in [-0.4, -0.2) is 0 Å². The highest BCUT2D eigenvalue weighted by Gasteiger charge is 1.97. The maximum Gasteiger partial charge on any atom is 0.0412 e. The number of benzene rings is 1. The van der Waals surface area contributed by atoms with Crippen LogP contribution >= 0.6 is 22.9 Å². The van der Waals surface area contributed by atoms with Gasteiger partial charge in [-0.05, 0) is 36.6 Å².